The van der Waals surface area contributed by atoms with Crippen molar-refractivity contribution in [2.24, 2.45) is 0 Å². The van der Waals surface area contributed by atoms with Gasteiger partial charge in [-0.3, -0.25) is 0 Å². The van der Waals surface area contributed by atoms with Crippen molar-refractivity contribution in [1.29, 1.82) is 0 Å². The van der Waals surface area contributed by atoms with Crippen LogP contribution in [0.2, 0.25) is 5.02 Å². The molecule has 0 aliphatic carbocycles. The molecule has 0 aliphatic heterocycles. The van der Waals surface area contributed by atoms with Crippen molar-refractivity contribution in [1.82, 2.24) is 5.32 Å². The summed E-state index contributed by atoms with van der Waals surface area (Å²) in [5.74, 6) is 0. The van der Waals surface area contributed by atoms with Crippen LogP contribution >= 0.6 is 11.6 Å². The molecule has 1 aromatic rings. The van der Waals surface area contributed by atoms with Crippen LogP contribution in [0, 0.1) is 0 Å². The molecule has 3 nitrogen and oxygen atoms in total. The molecule has 0 radical (unpaired) electrons. The predicted molar refractivity (Wildman–Crippen MR) is 74.0 cm³/mol. The zero-order valence-corrected chi connectivity index (χ0v) is 11.5. The molecule has 0 aromatic heterocycles. The van der Waals surface area contributed by atoms with E-state index >= 15 is 0 Å². The van der Waals surface area contributed by atoms with Crippen molar-refractivity contribution in [3.63, 3.8) is 0 Å². The third kappa shape index (κ3) is 4.54. The summed E-state index contributed by atoms with van der Waals surface area (Å²) in [6.07, 6.45) is 0. The summed E-state index contributed by atoms with van der Waals surface area (Å²) in [7, 11) is 3.79. The molecule has 1 rings (SSSR count). The Morgan fingerprint density at radius 3 is 2.82 bits per heavy atom. The Balaban J connectivity index is 2.69. The first kappa shape index (κ1) is 14.3. The molecule has 17 heavy (non-hydrogen) atoms. The van der Waals surface area contributed by atoms with Crippen LogP contribution in [0.3, 0.4) is 0 Å². The molecule has 0 saturated carbocycles. The minimum absolute atomic E-state index is 0.722. The summed E-state index contributed by atoms with van der Waals surface area (Å²) in [6.45, 7) is 5.49. The maximum Gasteiger partial charge on any atom is 0.0587 e. The lowest BCUT2D eigenvalue weighted by molar-refractivity contribution is 0.199. The van der Waals surface area contributed by atoms with Gasteiger partial charge in [-0.25, -0.2) is 0 Å². The van der Waals surface area contributed by atoms with E-state index in [1.54, 1.807) is 7.11 Å². The first-order valence-corrected chi connectivity index (χ1v) is 6.26. The third-order valence-corrected chi connectivity index (χ3v) is 2.96. The highest BCUT2D eigenvalue weighted by Gasteiger charge is 2.06. The molecule has 0 heterocycles. The number of rotatable bonds is 7. The molecule has 0 amide bonds. The minimum atomic E-state index is 0.722. The van der Waals surface area contributed by atoms with E-state index in [0.29, 0.717) is 0 Å². The maximum absolute atomic E-state index is 6.03. The summed E-state index contributed by atoms with van der Waals surface area (Å²) < 4.78 is 5.00. The van der Waals surface area contributed by atoms with Crippen molar-refractivity contribution in [3.8, 4) is 0 Å². The quantitative estimate of drug-likeness (QED) is 0.759. The van der Waals surface area contributed by atoms with Gasteiger partial charge in [0.1, 0.15) is 0 Å². The van der Waals surface area contributed by atoms with E-state index in [1.165, 1.54) is 11.3 Å². The highest BCUT2D eigenvalue weighted by Crippen LogP contribution is 2.23. The van der Waals surface area contributed by atoms with Crippen LogP contribution in [0.25, 0.3) is 0 Å². The zero-order valence-electron chi connectivity index (χ0n) is 10.8. The van der Waals surface area contributed by atoms with Gasteiger partial charge in [0, 0.05) is 44.5 Å². The van der Waals surface area contributed by atoms with Gasteiger partial charge in [0.25, 0.3) is 0 Å². The molecule has 0 fully saturated rings. The smallest absolute Gasteiger partial charge is 0.0587 e. The van der Waals surface area contributed by atoms with E-state index in [9.17, 15) is 0 Å². The highest BCUT2D eigenvalue weighted by molar-refractivity contribution is 6.30. The van der Waals surface area contributed by atoms with Crippen LogP contribution in [0.15, 0.2) is 18.2 Å². The summed E-state index contributed by atoms with van der Waals surface area (Å²) in [5, 5.41) is 4.12. The number of nitrogens with one attached hydrogen (secondary N) is 1. The van der Waals surface area contributed by atoms with Crippen molar-refractivity contribution in [2.45, 2.75) is 13.5 Å². The number of hydrogen-bond donors (Lipinski definition) is 1. The van der Waals surface area contributed by atoms with Gasteiger partial charge < -0.3 is 15.0 Å². The van der Waals surface area contributed by atoms with Gasteiger partial charge in [-0.15, -0.1) is 0 Å². The maximum atomic E-state index is 6.03. The Kier molecular flexibility index (Phi) is 6.34. The highest BCUT2D eigenvalue weighted by atomic mass is 35.5. The number of anilines is 1. The van der Waals surface area contributed by atoms with Crippen LogP contribution in [-0.4, -0.2) is 33.9 Å². The summed E-state index contributed by atoms with van der Waals surface area (Å²) in [5.41, 5.74) is 2.44. The number of ether oxygens (including phenoxy) is 1. The lowest BCUT2D eigenvalue weighted by Gasteiger charge is -2.21. The number of methoxy groups -OCH3 is 1. The normalized spacial score (nSPS) is 10.6. The van der Waals surface area contributed by atoms with Crippen LogP contribution in [-0.2, 0) is 11.3 Å². The molecule has 0 atom stereocenters. The van der Waals surface area contributed by atoms with Crippen LogP contribution < -0.4 is 10.2 Å². The van der Waals surface area contributed by atoms with Crippen LogP contribution in [0.1, 0.15) is 12.5 Å². The van der Waals surface area contributed by atoms with Gasteiger partial charge >= 0.3 is 0 Å². The van der Waals surface area contributed by atoms with Gasteiger partial charge in [0.05, 0.1) is 6.61 Å². The van der Waals surface area contributed by atoms with Crippen molar-refractivity contribution in [2.75, 3.05) is 38.8 Å². The minimum Gasteiger partial charge on any atom is -0.383 e. The van der Waals surface area contributed by atoms with Gasteiger partial charge in [-0.1, -0.05) is 11.6 Å². The molecule has 0 unspecified atom stereocenters. The lowest BCUT2D eigenvalue weighted by Crippen LogP contribution is -2.22. The Bertz CT molecular complexity index is 344. The summed E-state index contributed by atoms with van der Waals surface area (Å²) in [4.78, 5) is 2.21. The molecule has 0 aliphatic rings. The van der Waals surface area contributed by atoms with Crippen molar-refractivity contribution >= 4 is 17.3 Å². The fraction of sp³-hybridized carbons (Fsp3) is 0.538. The molecule has 96 valence electrons. The first-order chi connectivity index (χ1) is 8.19. The SMILES string of the molecule is CCN(C)c1ccc(Cl)cc1CNCCOC. The molecule has 0 saturated heterocycles. The van der Waals surface area contributed by atoms with E-state index in [0.717, 1.165) is 31.3 Å². The van der Waals surface area contributed by atoms with Gasteiger partial charge in [0.2, 0.25) is 0 Å². The topological polar surface area (TPSA) is 24.5 Å². The van der Waals surface area contributed by atoms with Crippen LogP contribution in [0.4, 0.5) is 5.69 Å². The molecule has 1 N–H and O–H groups in total. The Labute approximate surface area is 109 Å². The second kappa shape index (κ2) is 7.54. The number of halogens is 1. The Morgan fingerprint density at radius 2 is 2.18 bits per heavy atom. The second-order valence-corrected chi connectivity index (χ2v) is 4.39. The first-order valence-electron chi connectivity index (χ1n) is 5.88. The van der Waals surface area contributed by atoms with Crippen molar-refractivity contribution in [3.05, 3.63) is 28.8 Å². The fourth-order valence-electron chi connectivity index (χ4n) is 1.64. The number of hydrogen-bond acceptors (Lipinski definition) is 3. The third-order valence-electron chi connectivity index (χ3n) is 2.73. The molecular formula is C13H21ClN2O. The van der Waals surface area contributed by atoms with Gasteiger partial charge in [0.15, 0.2) is 0 Å². The average molecular weight is 257 g/mol. The van der Waals surface area contributed by atoms with Crippen LogP contribution in [0.5, 0.6) is 0 Å². The molecule has 0 spiro atoms. The van der Waals surface area contributed by atoms with Gasteiger partial charge in [-0.05, 0) is 30.7 Å². The van der Waals surface area contributed by atoms with Gasteiger partial charge in [-0.2, -0.15) is 0 Å². The van der Waals surface area contributed by atoms with E-state index in [-0.39, 0.29) is 0 Å². The van der Waals surface area contributed by atoms with E-state index in [4.69, 9.17) is 16.3 Å². The number of nitrogens with zero attached hydrogens (tertiary/aromatic N) is 1. The van der Waals surface area contributed by atoms with E-state index in [1.807, 2.05) is 12.1 Å². The van der Waals surface area contributed by atoms with E-state index < -0.39 is 0 Å². The monoisotopic (exact) mass is 256 g/mol. The average Bonchev–Trinajstić information content (AvgIpc) is 2.34. The largest absolute Gasteiger partial charge is 0.383 e. The Morgan fingerprint density at radius 1 is 1.41 bits per heavy atom. The Hall–Kier alpha value is -0.770. The second-order valence-electron chi connectivity index (χ2n) is 3.96. The fourth-order valence-corrected chi connectivity index (χ4v) is 1.83. The summed E-state index contributed by atoms with van der Waals surface area (Å²) >= 11 is 6.03. The molecule has 0 bridgehead atoms. The molecule has 1 aromatic carbocycles. The lowest BCUT2D eigenvalue weighted by atomic mass is 10.1. The standard InChI is InChI=1S/C13H21ClN2O/c1-4-16(2)13-6-5-12(14)9-11(13)10-15-7-8-17-3/h5-6,9,15H,4,7-8,10H2,1-3H3. The predicted octanol–water partition coefficient (Wildman–Crippen LogP) is 2.53. The molecular weight excluding hydrogens is 236 g/mol. The van der Waals surface area contributed by atoms with E-state index in [2.05, 4.69) is 30.3 Å². The van der Waals surface area contributed by atoms with Crippen molar-refractivity contribution < 1.29 is 4.74 Å². The molecule has 4 heteroatoms. The number of benzene rings is 1. The summed E-state index contributed by atoms with van der Waals surface area (Å²) in [6, 6.07) is 6.02. The zero-order chi connectivity index (χ0) is 12.7.